The fraction of sp³-hybridized carbons (Fsp3) is 0.156. The van der Waals surface area contributed by atoms with Crippen molar-refractivity contribution >= 4 is 69.3 Å². The Morgan fingerprint density at radius 3 is 2.15 bits per heavy atom. The topological polar surface area (TPSA) is 96.2 Å². The molecule has 0 N–H and O–H groups in total. The van der Waals surface area contributed by atoms with Gasteiger partial charge in [0.05, 0.1) is 10.6 Å². The first-order chi connectivity index (χ1) is 19.9. The second kappa shape index (κ2) is 12.4. The molecule has 0 unspecified atom stereocenters. The van der Waals surface area contributed by atoms with Gasteiger partial charge in [0, 0.05) is 46.4 Å². The maximum Gasteiger partial charge on any atom is 0.331 e. The Morgan fingerprint density at radius 2 is 1.54 bits per heavy atom. The summed E-state index contributed by atoms with van der Waals surface area (Å²) >= 11 is -0.466. The molecule has 0 bridgehead atoms. The van der Waals surface area contributed by atoms with Crippen LogP contribution in [0.25, 0.3) is 21.8 Å². The van der Waals surface area contributed by atoms with Crippen LogP contribution in [0.5, 0.6) is 11.5 Å². The number of ketones is 2. The Labute approximate surface area is 246 Å². The molecule has 1 aromatic heterocycles. The van der Waals surface area contributed by atoms with Gasteiger partial charge in [0.15, 0.2) is 11.5 Å². The molecular weight excluding hydrogens is 635 g/mol. The average molecular weight is 662 g/mol. The predicted molar refractivity (Wildman–Crippen MR) is 169 cm³/mol. The molecule has 0 saturated carbocycles. The summed E-state index contributed by atoms with van der Waals surface area (Å²) < 4.78 is 16.0. The highest BCUT2D eigenvalue weighted by Gasteiger charge is 2.20. The van der Waals surface area contributed by atoms with Crippen molar-refractivity contribution in [3.63, 3.8) is 0 Å². The van der Waals surface area contributed by atoms with Gasteiger partial charge >= 0.3 is 5.97 Å². The van der Waals surface area contributed by atoms with Crippen LogP contribution in [0.3, 0.4) is 0 Å². The number of methoxy groups -OCH3 is 1. The maximum atomic E-state index is 13.6. The summed E-state index contributed by atoms with van der Waals surface area (Å²) in [6.45, 7) is 3.76. The van der Waals surface area contributed by atoms with E-state index in [-0.39, 0.29) is 18.1 Å². The molecule has 2 heterocycles. The number of carbonyl (C=O) groups excluding carboxylic acids is 3. The van der Waals surface area contributed by atoms with Crippen LogP contribution in [0.1, 0.15) is 34.6 Å². The van der Waals surface area contributed by atoms with Gasteiger partial charge in [-0.2, -0.15) is 0 Å². The third-order valence-electron chi connectivity index (χ3n) is 6.51. The van der Waals surface area contributed by atoms with E-state index in [1.54, 1.807) is 43.5 Å². The SMILES string of the molecule is CCn1c2ccc(C(=O)C3=IC=CC=C3)cc2c2cc(C(=O)/C(COc3ccc(OC)cc3)=N/OC(C)=O)ccc21. The number of allylic oxidation sites excluding steroid dienone is 3. The number of aryl methyl sites for hydroxylation is 1. The lowest BCUT2D eigenvalue weighted by molar-refractivity contribution is -0.140. The van der Waals surface area contributed by atoms with Gasteiger partial charge in [-0.3, -0.25) is 9.59 Å². The van der Waals surface area contributed by atoms with Crippen molar-refractivity contribution in [3.8, 4) is 11.5 Å². The van der Waals surface area contributed by atoms with Crippen molar-refractivity contribution in [1.82, 2.24) is 4.57 Å². The van der Waals surface area contributed by atoms with Gasteiger partial charge in [-0.25, -0.2) is 4.79 Å². The number of halogens is 1. The van der Waals surface area contributed by atoms with Crippen molar-refractivity contribution in [2.24, 2.45) is 5.16 Å². The molecule has 1 aliphatic rings. The molecule has 9 heteroatoms. The van der Waals surface area contributed by atoms with Crippen LogP contribution in [-0.4, -0.2) is 45.0 Å². The normalized spacial score (nSPS) is 13.0. The van der Waals surface area contributed by atoms with Crippen LogP contribution in [0.15, 0.2) is 88.1 Å². The number of nitrogens with zero attached hydrogens (tertiary/aromatic N) is 2. The largest absolute Gasteiger partial charge is 0.497 e. The zero-order valence-electron chi connectivity index (χ0n) is 22.7. The predicted octanol–water partition coefficient (Wildman–Crippen LogP) is 6.41. The highest BCUT2D eigenvalue weighted by Crippen LogP contribution is 2.31. The summed E-state index contributed by atoms with van der Waals surface area (Å²) in [5.41, 5.74) is 2.82. The van der Waals surface area contributed by atoms with E-state index < -0.39 is 32.5 Å². The molecule has 0 fully saturated rings. The summed E-state index contributed by atoms with van der Waals surface area (Å²) in [5, 5.41) is 5.52. The van der Waals surface area contributed by atoms with E-state index in [2.05, 4.69) is 20.7 Å². The molecule has 0 saturated heterocycles. The first-order valence-corrected chi connectivity index (χ1v) is 15.2. The van der Waals surface area contributed by atoms with Crippen LogP contribution in [-0.2, 0) is 16.2 Å². The van der Waals surface area contributed by atoms with E-state index in [1.165, 1.54) is 6.92 Å². The summed E-state index contributed by atoms with van der Waals surface area (Å²) in [6, 6.07) is 18.0. The van der Waals surface area contributed by atoms with E-state index >= 15 is 0 Å². The van der Waals surface area contributed by atoms with Crippen molar-refractivity contribution in [2.45, 2.75) is 20.4 Å². The van der Waals surface area contributed by atoms with Crippen LogP contribution >= 0.6 is 20.7 Å². The number of oxime groups is 1. The molecule has 208 valence electrons. The standard InChI is InChI=1S/C32H27IN2O6/c1-4-35-29-14-8-21(31(37)27-7-5-6-16-33-27)17-25(29)26-18-22(9-15-30(26)35)32(38)28(34-41-20(2)36)19-40-24-12-10-23(39-3)11-13-24/h5-18H,4,19H2,1-3H3/b34-28+. The molecule has 4 aromatic rings. The number of aromatic nitrogens is 1. The Hall–Kier alpha value is -4.38. The molecule has 8 nitrogen and oxygen atoms in total. The number of benzene rings is 3. The first-order valence-electron chi connectivity index (χ1n) is 12.9. The molecule has 0 atom stereocenters. The second-order valence-electron chi connectivity index (χ2n) is 9.09. The lowest BCUT2D eigenvalue weighted by Crippen LogP contribution is -2.23. The van der Waals surface area contributed by atoms with E-state index in [0.717, 1.165) is 25.3 Å². The monoisotopic (exact) mass is 662 g/mol. The molecular formula is C32H27IN2O6. The molecule has 0 radical (unpaired) electrons. The smallest absolute Gasteiger partial charge is 0.331 e. The number of carbonyl (C=O) groups is 3. The molecule has 3 aromatic carbocycles. The summed E-state index contributed by atoms with van der Waals surface area (Å²) in [7, 11) is 1.57. The first kappa shape index (κ1) is 28.2. The fourth-order valence-electron chi connectivity index (χ4n) is 4.56. The number of hydrogen-bond donors (Lipinski definition) is 0. The van der Waals surface area contributed by atoms with E-state index in [0.29, 0.717) is 29.2 Å². The quantitative estimate of drug-likeness (QED) is 0.0641. The summed E-state index contributed by atoms with van der Waals surface area (Å²) in [6.07, 6.45) is 5.76. The second-order valence-corrected chi connectivity index (χ2v) is 11.6. The van der Waals surface area contributed by atoms with Gasteiger partial charge in [-0.05, 0) is 77.7 Å². The van der Waals surface area contributed by atoms with Crippen LogP contribution in [0.4, 0.5) is 0 Å². The van der Waals surface area contributed by atoms with Crippen LogP contribution in [0, 0.1) is 0 Å². The van der Waals surface area contributed by atoms with E-state index in [9.17, 15) is 14.4 Å². The Kier molecular flexibility index (Phi) is 8.53. The van der Waals surface area contributed by atoms with Gasteiger partial charge in [0.25, 0.3) is 0 Å². The number of Topliss-reactive ketones (excluding diaryl/α,β-unsaturated/α-hetero) is 2. The highest BCUT2D eigenvalue weighted by atomic mass is 127. The van der Waals surface area contributed by atoms with Gasteiger partial charge in [-0.1, -0.05) is 38.0 Å². The van der Waals surface area contributed by atoms with Gasteiger partial charge < -0.3 is 18.9 Å². The lowest BCUT2D eigenvalue weighted by Gasteiger charge is -2.09. The minimum absolute atomic E-state index is 0.0245. The van der Waals surface area contributed by atoms with E-state index in [4.69, 9.17) is 14.3 Å². The van der Waals surface area contributed by atoms with Crippen molar-refractivity contribution in [3.05, 3.63) is 94.1 Å². The Morgan fingerprint density at radius 1 is 0.878 bits per heavy atom. The van der Waals surface area contributed by atoms with Crippen molar-refractivity contribution < 1.29 is 28.7 Å². The number of rotatable bonds is 10. The summed E-state index contributed by atoms with van der Waals surface area (Å²) in [4.78, 5) is 43.2. The highest BCUT2D eigenvalue weighted by molar-refractivity contribution is 14.2. The van der Waals surface area contributed by atoms with Crippen molar-refractivity contribution in [2.75, 3.05) is 13.7 Å². The zero-order valence-corrected chi connectivity index (χ0v) is 24.9. The number of ether oxygens (including phenoxy) is 2. The third-order valence-corrected chi connectivity index (χ3v) is 8.81. The van der Waals surface area contributed by atoms with Crippen molar-refractivity contribution in [1.29, 1.82) is 0 Å². The lowest BCUT2D eigenvalue weighted by atomic mass is 10.0. The van der Waals surface area contributed by atoms with Gasteiger partial charge in [0.1, 0.15) is 18.1 Å². The van der Waals surface area contributed by atoms with Crippen LogP contribution in [0.2, 0.25) is 0 Å². The van der Waals surface area contributed by atoms with Gasteiger partial charge in [-0.15, -0.1) is 0 Å². The Bertz CT molecular complexity index is 1790. The fourth-order valence-corrected chi connectivity index (χ4v) is 6.40. The molecule has 0 amide bonds. The molecule has 5 rings (SSSR count). The third kappa shape index (κ3) is 6.04. The molecule has 0 spiro atoms. The van der Waals surface area contributed by atoms with Crippen LogP contribution < -0.4 is 9.47 Å². The van der Waals surface area contributed by atoms with E-state index in [1.807, 2.05) is 42.5 Å². The molecule has 41 heavy (non-hydrogen) atoms. The number of fused-ring (bicyclic) bond motifs is 3. The summed E-state index contributed by atoms with van der Waals surface area (Å²) in [5.74, 6) is 0.0967. The average Bonchev–Trinajstić information content (AvgIpc) is 3.33. The molecule has 1 aliphatic heterocycles. The van der Waals surface area contributed by atoms with Gasteiger partial charge in [0.2, 0.25) is 5.78 Å². The minimum Gasteiger partial charge on any atom is -0.497 e. The maximum absolute atomic E-state index is 13.6. The minimum atomic E-state index is -0.651. The Balaban J connectivity index is 1.51. The zero-order chi connectivity index (χ0) is 28.9. The number of hydrogen-bond acceptors (Lipinski definition) is 7. The molecule has 0 aliphatic carbocycles.